The van der Waals surface area contributed by atoms with Crippen molar-refractivity contribution in [3.8, 4) is 0 Å². The molecule has 4 fully saturated rings. The van der Waals surface area contributed by atoms with Gasteiger partial charge in [0, 0.05) is 24.2 Å². The molecule has 0 saturated heterocycles. The van der Waals surface area contributed by atoms with Gasteiger partial charge < -0.3 is 19.3 Å². The maximum atomic E-state index is 13.7. The van der Waals surface area contributed by atoms with Crippen molar-refractivity contribution in [2.45, 2.75) is 124 Å². The third-order valence-corrected chi connectivity index (χ3v) is 14.6. The number of carbonyl (C=O) groups excluding carboxylic acids is 3. The number of hydrogen-bond acceptors (Lipinski definition) is 7. The SMILES string of the molecule is CC(=O)OCOC(=O)/C(CCC(Br)=C(C)C)=C1/C2C[C@@H](O)C3[C@@]4(C)CC[C@H](Br)[C@@H](C)C4CC[C@]3(C)[C@@]2(C)C[C@@H]1OC(C)=O. The molecule has 0 aromatic rings. The second-order valence-electron chi connectivity index (χ2n) is 14.6. The number of hydrogen-bond donors (Lipinski definition) is 1. The van der Waals surface area contributed by atoms with Crippen LogP contribution in [0.15, 0.2) is 21.2 Å². The van der Waals surface area contributed by atoms with Gasteiger partial charge in [-0.2, -0.15) is 0 Å². The number of ether oxygens (including phenoxy) is 3. The highest BCUT2D eigenvalue weighted by Crippen LogP contribution is 2.74. The van der Waals surface area contributed by atoms with Gasteiger partial charge in [-0.15, -0.1) is 0 Å². The fourth-order valence-electron chi connectivity index (χ4n) is 9.99. The summed E-state index contributed by atoms with van der Waals surface area (Å²) in [4.78, 5) is 38.1. The molecule has 43 heavy (non-hydrogen) atoms. The van der Waals surface area contributed by atoms with E-state index in [1.807, 2.05) is 13.8 Å². The van der Waals surface area contributed by atoms with E-state index in [1.165, 1.54) is 13.8 Å². The Hall–Kier alpha value is -1.19. The highest BCUT2D eigenvalue weighted by atomic mass is 79.9. The van der Waals surface area contributed by atoms with Crippen molar-refractivity contribution in [2.75, 3.05) is 6.79 Å². The Kier molecular flexibility index (Phi) is 10.4. The number of esters is 3. The van der Waals surface area contributed by atoms with Crippen molar-refractivity contribution >= 4 is 49.8 Å². The Morgan fingerprint density at radius 2 is 1.63 bits per heavy atom. The summed E-state index contributed by atoms with van der Waals surface area (Å²) < 4.78 is 17.4. The second-order valence-corrected chi connectivity index (χ2v) is 16.7. The van der Waals surface area contributed by atoms with E-state index in [9.17, 15) is 19.5 Å². The van der Waals surface area contributed by atoms with Gasteiger partial charge in [-0.25, -0.2) is 4.79 Å². The van der Waals surface area contributed by atoms with E-state index in [4.69, 9.17) is 14.2 Å². The summed E-state index contributed by atoms with van der Waals surface area (Å²) in [6, 6.07) is 0. The van der Waals surface area contributed by atoms with Crippen LogP contribution in [0.5, 0.6) is 0 Å². The molecule has 9 heteroatoms. The van der Waals surface area contributed by atoms with Crippen LogP contribution in [-0.4, -0.2) is 46.8 Å². The molecular weight excluding hydrogens is 680 g/mol. The van der Waals surface area contributed by atoms with Crippen LogP contribution in [0.2, 0.25) is 0 Å². The van der Waals surface area contributed by atoms with Gasteiger partial charge in [0.25, 0.3) is 0 Å². The van der Waals surface area contributed by atoms with Gasteiger partial charge in [0.15, 0.2) is 0 Å². The van der Waals surface area contributed by atoms with E-state index in [-0.39, 0.29) is 28.1 Å². The number of aliphatic hydroxyl groups excluding tert-OH is 1. The summed E-state index contributed by atoms with van der Waals surface area (Å²) in [6.07, 6.45) is 5.09. The molecule has 4 aliphatic rings. The van der Waals surface area contributed by atoms with Crippen molar-refractivity contribution in [1.82, 2.24) is 0 Å². The van der Waals surface area contributed by atoms with Crippen molar-refractivity contribution in [2.24, 2.45) is 39.9 Å². The lowest BCUT2D eigenvalue weighted by Crippen LogP contribution is -2.65. The predicted octanol–water partition coefficient (Wildman–Crippen LogP) is 7.77. The third kappa shape index (κ3) is 6.17. The minimum Gasteiger partial charge on any atom is -0.458 e. The number of allylic oxidation sites excluding steroid dienone is 2. The van der Waals surface area contributed by atoms with Crippen molar-refractivity contribution in [1.29, 1.82) is 0 Å². The molecule has 0 amide bonds. The van der Waals surface area contributed by atoms with Gasteiger partial charge in [-0.3, -0.25) is 9.59 Å². The first kappa shape index (κ1) is 34.7. The second kappa shape index (κ2) is 12.9. The highest BCUT2D eigenvalue weighted by Gasteiger charge is 2.70. The van der Waals surface area contributed by atoms with E-state index < -0.39 is 36.9 Å². The van der Waals surface area contributed by atoms with Crippen LogP contribution in [0.1, 0.15) is 107 Å². The van der Waals surface area contributed by atoms with Gasteiger partial charge in [-0.05, 0) is 115 Å². The third-order valence-electron chi connectivity index (χ3n) is 12.1. The molecule has 0 aromatic heterocycles. The minimum absolute atomic E-state index is 0.00637. The lowest BCUT2D eigenvalue weighted by atomic mass is 9.36. The number of aliphatic hydroxyl groups is 1. The van der Waals surface area contributed by atoms with Crippen molar-refractivity contribution < 1.29 is 33.7 Å². The summed E-state index contributed by atoms with van der Waals surface area (Å²) in [5.74, 6) is -0.534. The average molecular weight is 731 g/mol. The van der Waals surface area contributed by atoms with Crippen LogP contribution in [0.3, 0.4) is 0 Å². The minimum atomic E-state index is -0.597. The number of fused-ring (bicyclic) bond motifs is 5. The van der Waals surface area contributed by atoms with Crippen LogP contribution in [0.4, 0.5) is 0 Å². The first-order valence-electron chi connectivity index (χ1n) is 15.8. The van der Waals surface area contributed by atoms with Crippen LogP contribution in [0.25, 0.3) is 0 Å². The number of halogens is 2. The molecule has 0 bridgehead atoms. The number of carbonyl (C=O) groups is 3. The zero-order valence-corrected chi connectivity index (χ0v) is 30.2. The highest BCUT2D eigenvalue weighted by molar-refractivity contribution is 9.11. The average Bonchev–Trinajstić information content (AvgIpc) is 3.17. The maximum absolute atomic E-state index is 13.7. The topological polar surface area (TPSA) is 99.1 Å². The number of rotatable bonds is 7. The smallest absolute Gasteiger partial charge is 0.336 e. The van der Waals surface area contributed by atoms with Crippen molar-refractivity contribution in [3.63, 3.8) is 0 Å². The van der Waals surface area contributed by atoms with Crippen molar-refractivity contribution in [3.05, 3.63) is 21.2 Å². The lowest BCUT2D eigenvalue weighted by Gasteiger charge is -2.69. The Labute approximate surface area is 274 Å². The van der Waals surface area contributed by atoms with E-state index in [2.05, 4.69) is 59.6 Å². The van der Waals surface area contributed by atoms with Gasteiger partial charge in [0.1, 0.15) is 6.10 Å². The predicted molar refractivity (Wildman–Crippen MR) is 172 cm³/mol. The van der Waals surface area contributed by atoms with E-state index >= 15 is 0 Å². The van der Waals surface area contributed by atoms with E-state index in [0.29, 0.717) is 47.9 Å². The zero-order valence-electron chi connectivity index (χ0n) is 27.1. The van der Waals surface area contributed by atoms with Crippen LogP contribution >= 0.6 is 31.9 Å². The Bertz CT molecular complexity index is 1190. The summed E-state index contributed by atoms with van der Waals surface area (Å²) in [5.41, 5.74) is 1.77. The van der Waals surface area contributed by atoms with Crippen LogP contribution < -0.4 is 0 Å². The van der Waals surface area contributed by atoms with Gasteiger partial charge >= 0.3 is 17.9 Å². The Morgan fingerprint density at radius 1 is 0.953 bits per heavy atom. The quantitative estimate of drug-likeness (QED) is 0.124. The largest absolute Gasteiger partial charge is 0.458 e. The number of alkyl halides is 1. The van der Waals surface area contributed by atoms with Gasteiger partial charge in [-0.1, -0.05) is 65.1 Å². The van der Waals surface area contributed by atoms with Crippen LogP contribution in [-0.2, 0) is 28.6 Å². The molecular formula is C34H50Br2O7. The Balaban J connectivity index is 1.83. The molecule has 4 aliphatic carbocycles. The van der Waals surface area contributed by atoms with Gasteiger partial charge in [0.2, 0.25) is 6.79 Å². The zero-order chi connectivity index (χ0) is 32.1. The maximum Gasteiger partial charge on any atom is 0.336 e. The Morgan fingerprint density at radius 3 is 2.23 bits per heavy atom. The fourth-order valence-corrected chi connectivity index (χ4v) is 10.8. The molecule has 0 spiro atoms. The summed E-state index contributed by atoms with van der Waals surface area (Å²) in [6.45, 7) is 15.6. The van der Waals surface area contributed by atoms with Gasteiger partial charge in [0.05, 0.1) is 6.10 Å². The normalized spacial score (nSPS) is 41.2. The first-order chi connectivity index (χ1) is 20.0. The summed E-state index contributed by atoms with van der Waals surface area (Å²) >= 11 is 7.60. The molecule has 0 aromatic carbocycles. The summed E-state index contributed by atoms with van der Waals surface area (Å²) in [5, 5.41) is 12.2. The van der Waals surface area contributed by atoms with E-state index in [1.54, 1.807) is 0 Å². The molecule has 4 rings (SSSR count). The molecule has 0 heterocycles. The first-order valence-corrected chi connectivity index (χ1v) is 17.5. The van der Waals surface area contributed by atoms with Crippen LogP contribution in [0, 0.1) is 39.9 Å². The molecule has 1 N–H and O–H groups in total. The molecule has 4 saturated carbocycles. The molecule has 10 atom stereocenters. The fraction of sp³-hybridized carbons (Fsp3) is 0.794. The molecule has 242 valence electrons. The monoisotopic (exact) mass is 728 g/mol. The molecule has 0 aliphatic heterocycles. The van der Waals surface area contributed by atoms with E-state index in [0.717, 1.165) is 41.3 Å². The standard InChI is InChI=1S/C34H50Br2O7/c1-18(2)25(35)10-9-22(31(40)42-17-41-20(4)37)29-24-15-27(39)30-32(6)13-12-26(36)19(3)23(32)11-14-33(30,7)34(24,8)16-28(29)43-21(5)38/h19,23-24,26-28,30,39H,9-17H2,1-8H3/b29-22-/t19-,23?,24?,26-,27+,28-,30?,32-,33-,34-/m0/s1. The molecule has 0 radical (unpaired) electrons. The summed E-state index contributed by atoms with van der Waals surface area (Å²) in [7, 11) is 0. The lowest BCUT2D eigenvalue weighted by molar-refractivity contribution is -0.224. The molecule has 7 nitrogen and oxygen atoms in total. The molecule has 3 unspecified atom stereocenters.